The number of nitrogens with one attached hydrogen (secondary N) is 1. The highest BCUT2D eigenvalue weighted by atomic mass is 19.1. The molecule has 1 amide bonds. The molecular formula is C13H19FN2O. The molecule has 1 aromatic carbocycles. The molecule has 0 saturated heterocycles. The first kappa shape index (κ1) is 13.6. The van der Waals surface area contributed by atoms with E-state index in [1.54, 1.807) is 13.0 Å². The lowest BCUT2D eigenvalue weighted by molar-refractivity contribution is 0.0952. The molecule has 94 valence electrons. The molecule has 1 unspecified atom stereocenters. The predicted octanol–water partition coefficient (Wildman–Crippen LogP) is 1.99. The molecule has 0 bridgehead atoms. The molecule has 1 atom stereocenters. The van der Waals surface area contributed by atoms with Crippen LogP contribution in [0.3, 0.4) is 0 Å². The number of rotatable bonds is 5. The Labute approximate surface area is 101 Å². The van der Waals surface area contributed by atoms with Gasteiger partial charge in [-0.25, -0.2) is 4.39 Å². The van der Waals surface area contributed by atoms with Crippen molar-refractivity contribution in [2.45, 2.75) is 32.7 Å². The molecular weight excluding hydrogens is 219 g/mol. The molecule has 0 aromatic heterocycles. The number of carbonyl (C=O) groups is 1. The lowest BCUT2D eigenvalue weighted by atomic mass is 10.1. The third-order valence-electron chi connectivity index (χ3n) is 2.54. The van der Waals surface area contributed by atoms with E-state index in [0.29, 0.717) is 17.7 Å². The van der Waals surface area contributed by atoms with E-state index >= 15 is 0 Å². The van der Waals surface area contributed by atoms with Crippen LogP contribution in [0.1, 0.15) is 35.7 Å². The zero-order valence-electron chi connectivity index (χ0n) is 10.3. The lowest BCUT2D eigenvalue weighted by Crippen LogP contribution is -2.26. The maximum absolute atomic E-state index is 13.0. The molecule has 3 N–H and O–H groups in total. The molecule has 4 heteroatoms. The van der Waals surface area contributed by atoms with Gasteiger partial charge in [-0.05, 0) is 50.5 Å². The minimum absolute atomic E-state index is 0.153. The largest absolute Gasteiger partial charge is 0.352 e. The van der Waals surface area contributed by atoms with E-state index in [9.17, 15) is 9.18 Å². The van der Waals surface area contributed by atoms with Gasteiger partial charge in [0.15, 0.2) is 0 Å². The van der Waals surface area contributed by atoms with Gasteiger partial charge in [-0.3, -0.25) is 4.79 Å². The molecule has 0 aliphatic rings. The molecule has 0 spiro atoms. The van der Waals surface area contributed by atoms with Gasteiger partial charge in [-0.15, -0.1) is 0 Å². The highest BCUT2D eigenvalue weighted by molar-refractivity contribution is 5.94. The quantitative estimate of drug-likeness (QED) is 0.771. The van der Waals surface area contributed by atoms with Gasteiger partial charge in [-0.1, -0.05) is 0 Å². The van der Waals surface area contributed by atoms with Crippen LogP contribution in [0.5, 0.6) is 0 Å². The Morgan fingerprint density at radius 1 is 1.53 bits per heavy atom. The summed E-state index contributed by atoms with van der Waals surface area (Å²) in [6.45, 7) is 4.17. The Balaban J connectivity index is 2.44. The van der Waals surface area contributed by atoms with E-state index in [0.717, 1.165) is 12.8 Å². The first-order valence-corrected chi connectivity index (χ1v) is 5.80. The molecule has 3 nitrogen and oxygen atoms in total. The summed E-state index contributed by atoms with van der Waals surface area (Å²) in [4.78, 5) is 11.7. The van der Waals surface area contributed by atoms with Crippen LogP contribution in [0.4, 0.5) is 4.39 Å². The van der Waals surface area contributed by atoms with E-state index in [-0.39, 0.29) is 17.8 Å². The van der Waals surface area contributed by atoms with Crippen molar-refractivity contribution in [1.82, 2.24) is 5.32 Å². The lowest BCUT2D eigenvalue weighted by Gasteiger charge is -2.07. The highest BCUT2D eigenvalue weighted by Gasteiger charge is 2.07. The predicted molar refractivity (Wildman–Crippen MR) is 66.4 cm³/mol. The van der Waals surface area contributed by atoms with Crippen LogP contribution in [-0.2, 0) is 0 Å². The van der Waals surface area contributed by atoms with Crippen LogP contribution in [-0.4, -0.2) is 18.5 Å². The average molecular weight is 238 g/mol. The summed E-state index contributed by atoms with van der Waals surface area (Å²) < 4.78 is 13.0. The maximum atomic E-state index is 13.0. The SMILES string of the molecule is Cc1cc(C(=O)NCCCC(C)N)ccc1F. The monoisotopic (exact) mass is 238 g/mol. The van der Waals surface area contributed by atoms with Gasteiger partial charge < -0.3 is 11.1 Å². The minimum Gasteiger partial charge on any atom is -0.352 e. The fourth-order valence-corrected chi connectivity index (χ4v) is 1.51. The molecule has 1 rings (SSSR count). The van der Waals surface area contributed by atoms with Crippen molar-refractivity contribution in [1.29, 1.82) is 0 Å². The van der Waals surface area contributed by atoms with Crippen LogP contribution in [0, 0.1) is 12.7 Å². The first-order valence-electron chi connectivity index (χ1n) is 5.80. The van der Waals surface area contributed by atoms with Gasteiger partial charge in [-0.2, -0.15) is 0 Å². The molecule has 0 radical (unpaired) electrons. The number of nitrogens with two attached hydrogens (primary N) is 1. The third kappa shape index (κ3) is 4.53. The number of carbonyl (C=O) groups excluding carboxylic acids is 1. The van der Waals surface area contributed by atoms with Crippen LogP contribution in [0.15, 0.2) is 18.2 Å². The number of amides is 1. The molecule has 0 fully saturated rings. The van der Waals surface area contributed by atoms with Crippen molar-refractivity contribution >= 4 is 5.91 Å². The Bertz CT molecular complexity index is 391. The molecule has 0 heterocycles. The number of hydrogen-bond donors (Lipinski definition) is 2. The fraction of sp³-hybridized carbons (Fsp3) is 0.462. The second-order valence-corrected chi connectivity index (χ2v) is 4.34. The number of aryl methyl sites for hydroxylation is 1. The normalized spacial score (nSPS) is 12.2. The van der Waals surface area contributed by atoms with Crippen LogP contribution < -0.4 is 11.1 Å². The standard InChI is InChI=1S/C13H19FN2O/c1-9-8-11(5-6-12(9)14)13(17)16-7-3-4-10(2)15/h5-6,8,10H,3-4,7,15H2,1-2H3,(H,16,17). The van der Waals surface area contributed by atoms with Gasteiger partial charge in [0.1, 0.15) is 5.82 Å². The van der Waals surface area contributed by atoms with Gasteiger partial charge in [0.2, 0.25) is 0 Å². The van der Waals surface area contributed by atoms with Crippen molar-refractivity contribution in [2.75, 3.05) is 6.54 Å². The number of halogens is 1. The molecule has 17 heavy (non-hydrogen) atoms. The summed E-state index contributed by atoms with van der Waals surface area (Å²) in [6.07, 6.45) is 1.73. The van der Waals surface area contributed by atoms with Gasteiger partial charge in [0.25, 0.3) is 5.91 Å². The van der Waals surface area contributed by atoms with Crippen molar-refractivity contribution in [3.63, 3.8) is 0 Å². The molecule has 0 saturated carbocycles. The first-order chi connectivity index (χ1) is 8.00. The summed E-state index contributed by atoms with van der Waals surface area (Å²) in [5.41, 5.74) is 6.57. The Morgan fingerprint density at radius 3 is 2.82 bits per heavy atom. The van der Waals surface area contributed by atoms with E-state index in [4.69, 9.17) is 5.73 Å². The maximum Gasteiger partial charge on any atom is 0.251 e. The smallest absolute Gasteiger partial charge is 0.251 e. The van der Waals surface area contributed by atoms with Crippen LogP contribution in [0.2, 0.25) is 0 Å². The van der Waals surface area contributed by atoms with E-state index in [1.807, 2.05) is 6.92 Å². The molecule has 0 aliphatic carbocycles. The van der Waals surface area contributed by atoms with E-state index in [1.165, 1.54) is 12.1 Å². The van der Waals surface area contributed by atoms with Crippen molar-refractivity contribution in [2.24, 2.45) is 5.73 Å². The number of benzene rings is 1. The average Bonchev–Trinajstić information content (AvgIpc) is 2.27. The van der Waals surface area contributed by atoms with Crippen molar-refractivity contribution < 1.29 is 9.18 Å². The van der Waals surface area contributed by atoms with Gasteiger partial charge in [0, 0.05) is 18.2 Å². The molecule has 0 aliphatic heterocycles. The highest BCUT2D eigenvalue weighted by Crippen LogP contribution is 2.09. The van der Waals surface area contributed by atoms with Gasteiger partial charge >= 0.3 is 0 Å². The minimum atomic E-state index is -0.293. The summed E-state index contributed by atoms with van der Waals surface area (Å²) in [7, 11) is 0. The van der Waals surface area contributed by atoms with E-state index < -0.39 is 0 Å². The summed E-state index contributed by atoms with van der Waals surface area (Å²) in [6, 6.07) is 4.51. The van der Waals surface area contributed by atoms with Crippen molar-refractivity contribution in [3.8, 4) is 0 Å². The fourth-order valence-electron chi connectivity index (χ4n) is 1.51. The summed E-state index contributed by atoms with van der Waals surface area (Å²) in [5.74, 6) is -0.462. The second-order valence-electron chi connectivity index (χ2n) is 4.34. The zero-order chi connectivity index (χ0) is 12.8. The van der Waals surface area contributed by atoms with Crippen LogP contribution >= 0.6 is 0 Å². The third-order valence-corrected chi connectivity index (χ3v) is 2.54. The van der Waals surface area contributed by atoms with Gasteiger partial charge in [0.05, 0.1) is 0 Å². The summed E-state index contributed by atoms with van der Waals surface area (Å²) in [5, 5.41) is 2.78. The Morgan fingerprint density at radius 2 is 2.24 bits per heavy atom. The van der Waals surface area contributed by atoms with Crippen molar-refractivity contribution in [3.05, 3.63) is 35.1 Å². The van der Waals surface area contributed by atoms with E-state index in [2.05, 4.69) is 5.32 Å². The van der Waals surface area contributed by atoms with Crippen LogP contribution in [0.25, 0.3) is 0 Å². The Kier molecular flexibility index (Phi) is 5.10. The topological polar surface area (TPSA) is 55.1 Å². The second kappa shape index (κ2) is 6.35. The zero-order valence-corrected chi connectivity index (χ0v) is 10.3. The Hall–Kier alpha value is -1.42. The summed E-state index contributed by atoms with van der Waals surface area (Å²) >= 11 is 0. The number of hydrogen-bond acceptors (Lipinski definition) is 2. The molecule has 1 aromatic rings.